The van der Waals surface area contributed by atoms with Crippen molar-refractivity contribution >= 4 is 11.8 Å². The van der Waals surface area contributed by atoms with Crippen LogP contribution >= 0.6 is 0 Å². The SMILES string of the molecule is Cc1cn(-c2ccccc2)nc1OCC(=O)NCCC(=O)NC(C)C. The molecule has 0 aliphatic carbocycles. The predicted octanol–water partition coefficient (Wildman–Crippen LogP) is 1.59. The van der Waals surface area contributed by atoms with E-state index >= 15 is 0 Å². The number of benzene rings is 1. The molecule has 2 rings (SSSR count). The van der Waals surface area contributed by atoms with E-state index in [1.54, 1.807) is 4.68 Å². The van der Waals surface area contributed by atoms with E-state index in [-0.39, 0.29) is 37.4 Å². The highest BCUT2D eigenvalue weighted by Gasteiger charge is 2.10. The number of aryl methyl sites for hydroxylation is 1. The summed E-state index contributed by atoms with van der Waals surface area (Å²) in [6.45, 7) is 5.79. The Balaban J connectivity index is 1.78. The normalized spacial score (nSPS) is 10.6. The lowest BCUT2D eigenvalue weighted by molar-refractivity contribution is -0.123. The standard InChI is InChI=1S/C18H24N4O3/c1-13(2)20-16(23)9-10-19-17(24)12-25-18-14(3)11-22(21-18)15-7-5-4-6-8-15/h4-8,11,13H,9-10,12H2,1-3H3,(H,19,24)(H,20,23). The first-order valence-electron chi connectivity index (χ1n) is 8.26. The summed E-state index contributed by atoms with van der Waals surface area (Å²) >= 11 is 0. The molecule has 25 heavy (non-hydrogen) atoms. The zero-order valence-electron chi connectivity index (χ0n) is 14.8. The lowest BCUT2D eigenvalue weighted by atomic mass is 10.3. The van der Waals surface area contributed by atoms with Crippen molar-refractivity contribution in [2.45, 2.75) is 33.2 Å². The van der Waals surface area contributed by atoms with Gasteiger partial charge in [0.15, 0.2) is 6.61 Å². The number of rotatable bonds is 8. The minimum atomic E-state index is -0.286. The fraction of sp³-hybridized carbons (Fsp3) is 0.389. The molecule has 2 amide bonds. The Morgan fingerprint density at radius 1 is 1.20 bits per heavy atom. The van der Waals surface area contributed by atoms with Gasteiger partial charge in [0.2, 0.25) is 11.8 Å². The third-order valence-electron chi connectivity index (χ3n) is 3.34. The van der Waals surface area contributed by atoms with Gasteiger partial charge in [-0.1, -0.05) is 18.2 Å². The monoisotopic (exact) mass is 344 g/mol. The summed E-state index contributed by atoms with van der Waals surface area (Å²) in [4.78, 5) is 23.3. The second kappa shape index (κ2) is 8.86. The van der Waals surface area contributed by atoms with Crippen molar-refractivity contribution in [1.82, 2.24) is 20.4 Å². The largest absolute Gasteiger partial charge is 0.466 e. The summed E-state index contributed by atoms with van der Waals surface area (Å²) in [6, 6.07) is 9.75. The van der Waals surface area contributed by atoms with Crippen molar-refractivity contribution in [2.24, 2.45) is 0 Å². The van der Waals surface area contributed by atoms with E-state index in [2.05, 4.69) is 15.7 Å². The molecule has 1 heterocycles. The van der Waals surface area contributed by atoms with E-state index in [0.717, 1.165) is 11.3 Å². The summed E-state index contributed by atoms with van der Waals surface area (Å²) in [5.41, 5.74) is 1.76. The minimum Gasteiger partial charge on any atom is -0.466 e. The number of hydrogen-bond acceptors (Lipinski definition) is 4. The molecule has 0 radical (unpaired) electrons. The molecule has 0 saturated heterocycles. The number of aromatic nitrogens is 2. The summed E-state index contributed by atoms with van der Waals surface area (Å²) in [6.07, 6.45) is 2.09. The smallest absolute Gasteiger partial charge is 0.258 e. The number of hydrogen-bond donors (Lipinski definition) is 2. The number of amides is 2. The lowest BCUT2D eigenvalue weighted by Crippen LogP contribution is -2.35. The highest BCUT2D eigenvalue weighted by Crippen LogP contribution is 2.17. The van der Waals surface area contributed by atoms with Gasteiger partial charge in [-0.05, 0) is 32.9 Å². The van der Waals surface area contributed by atoms with Crippen LogP contribution < -0.4 is 15.4 Å². The van der Waals surface area contributed by atoms with E-state index < -0.39 is 0 Å². The van der Waals surface area contributed by atoms with Gasteiger partial charge in [-0.3, -0.25) is 9.59 Å². The summed E-state index contributed by atoms with van der Waals surface area (Å²) in [5, 5.41) is 9.77. The van der Waals surface area contributed by atoms with Crippen LogP contribution in [0.5, 0.6) is 5.88 Å². The lowest BCUT2D eigenvalue weighted by Gasteiger charge is -2.09. The van der Waals surface area contributed by atoms with Gasteiger partial charge >= 0.3 is 0 Å². The van der Waals surface area contributed by atoms with Crippen molar-refractivity contribution < 1.29 is 14.3 Å². The first kappa shape index (κ1) is 18.5. The molecule has 0 aliphatic heterocycles. The van der Waals surface area contributed by atoms with Crippen LogP contribution in [0.2, 0.25) is 0 Å². The van der Waals surface area contributed by atoms with Crippen molar-refractivity contribution in [3.8, 4) is 11.6 Å². The molecular weight excluding hydrogens is 320 g/mol. The average molecular weight is 344 g/mol. The van der Waals surface area contributed by atoms with E-state index in [1.807, 2.05) is 57.3 Å². The highest BCUT2D eigenvalue weighted by atomic mass is 16.5. The molecule has 0 spiro atoms. The Morgan fingerprint density at radius 3 is 2.60 bits per heavy atom. The van der Waals surface area contributed by atoms with Crippen LogP contribution in [0.4, 0.5) is 0 Å². The number of para-hydroxylation sites is 1. The summed E-state index contributed by atoms with van der Waals surface area (Å²) in [7, 11) is 0. The molecule has 7 heteroatoms. The number of ether oxygens (including phenoxy) is 1. The molecule has 0 bridgehead atoms. The van der Waals surface area contributed by atoms with Crippen molar-refractivity contribution in [3.63, 3.8) is 0 Å². The van der Waals surface area contributed by atoms with Crippen LogP contribution in [0, 0.1) is 6.92 Å². The fourth-order valence-corrected chi connectivity index (χ4v) is 2.19. The number of carbonyl (C=O) groups is 2. The Morgan fingerprint density at radius 2 is 1.92 bits per heavy atom. The van der Waals surface area contributed by atoms with Crippen molar-refractivity contribution in [3.05, 3.63) is 42.1 Å². The molecule has 0 fully saturated rings. The molecule has 0 unspecified atom stereocenters. The predicted molar refractivity (Wildman–Crippen MR) is 94.7 cm³/mol. The van der Waals surface area contributed by atoms with Crippen LogP contribution in [0.3, 0.4) is 0 Å². The maximum atomic E-state index is 11.8. The second-order valence-electron chi connectivity index (χ2n) is 6.01. The minimum absolute atomic E-state index is 0.0892. The van der Waals surface area contributed by atoms with Gasteiger partial charge < -0.3 is 15.4 Å². The first-order valence-corrected chi connectivity index (χ1v) is 8.26. The van der Waals surface area contributed by atoms with E-state index in [4.69, 9.17) is 4.74 Å². The van der Waals surface area contributed by atoms with Crippen molar-refractivity contribution in [2.75, 3.05) is 13.2 Å². The maximum absolute atomic E-state index is 11.8. The van der Waals surface area contributed by atoms with Crippen LogP contribution in [-0.2, 0) is 9.59 Å². The molecular formula is C18H24N4O3. The number of nitrogens with one attached hydrogen (secondary N) is 2. The number of carbonyl (C=O) groups excluding carboxylic acids is 2. The zero-order valence-corrected chi connectivity index (χ0v) is 14.8. The molecule has 134 valence electrons. The summed E-state index contributed by atoms with van der Waals surface area (Å²) < 4.78 is 7.19. The average Bonchev–Trinajstić information content (AvgIpc) is 2.94. The van der Waals surface area contributed by atoms with Crippen LogP contribution in [0.25, 0.3) is 5.69 Å². The van der Waals surface area contributed by atoms with Gasteiger partial charge in [0, 0.05) is 30.8 Å². The van der Waals surface area contributed by atoms with Gasteiger partial charge in [0.25, 0.3) is 5.91 Å². The van der Waals surface area contributed by atoms with Crippen molar-refractivity contribution in [1.29, 1.82) is 0 Å². The van der Waals surface area contributed by atoms with Gasteiger partial charge in [-0.25, -0.2) is 4.68 Å². The zero-order chi connectivity index (χ0) is 18.2. The van der Waals surface area contributed by atoms with Gasteiger partial charge in [-0.2, -0.15) is 0 Å². The molecule has 1 aromatic heterocycles. The van der Waals surface area contributed by atoms with Crippen LogP contribution in [0.15, 0.2) is 36.5 Å². The van der Waals surface area contributed by atoms with Gasteiger partial charge in [0.05, 0.1) is 5.69 Å². The van der Waals surface area contributed by atoms with E-state index in [1.165, 1.54) is 0 Å². The number of nitrogens with zero attached hydrogens (tertiary/aromatic N) is 2. The maximum Gasteiger partial charge on any atom is 0.258 e. The Bertz CT molecular complexity index is 710. The first-order chi connectivity index (χ1) is 12.0. The van der Waals surface area contributed by atoms with E-state index in [9.17, 15) is 9.59 Å². The Hall–Kier alpha value is -2.83. The van der Waals surface area contributed by atoms with E-state index in [0.29, 0.717) is 5.88 Å². The van der Waals surface area contributed by atoms with Gasteiger partial charge in [-0.15, -0.1) is 5.10 Å². The van der Waals surface area contributed by atoms with Crippen LogP contribution in [-0.4, -0.2) is 40.8 Å². The van der Waals surface area contributed by atoms with Gasteiger partial charge in [0.1, 0.15) is 0 Å². The van der Waals surface area contributed by atoms with Crippen LogP contribution in [0.1, 0.15) is 25.8 Å². The molecule has 0 atom stereocenters. The summed E-state index contributed by atoms with van der Waals surface area (Å²) in [5.74, 6) is 0.0382. The Kier molecular flexibility index (Phi) is 6.56. The molecule has 2 aromatic rings. The second-order valence-corrected chi connectivity index (χ2v) is 6.01. The molecule has 0 saturated carbocycles. The molecule has 2 N–H and O–H groups in total. The molecule has 0 aliphatic rings. The fourth-order valence-electron chi connectivity index (χ4n) is 2.19. The topological polar surface area (TPSA) is 85.2 Å². The molecule has 7 nitrogen and oxygen atoms in total. The third kappa shape index (κ3) is 5.95. The third-order valence-corrected chi connectivity index (χ3v) is 3.34. The highest BCUT2D eigenvalue weighted by molar-refractivity contribution is 5.79. The Labute approximate surface area is 147 Å². The quantitative estimate of drug-likeness (QED) is 0.761. The molecule has 1 aromatic carbocycles.